The summed E-state index contributed by atoms with van der Waals surface area (Å²) in [6.07, 6.45) is 1.14. The highest BCUT2D eigenvalue weighted by Crippen LogP contribution is 2.24. The third-order valence-corrected chi connectivity index (χ3v) is 3.90. The predicted molar refractivity (Wildman–Crippen MR) is 73.2 cm³/mol. The highest BCUT2D eigenvalue weighted by molar-refractivity contribution is 6.31. The molecule has 1 N–H and O–H groups in total. The van der Waals surface area contributed by atoms with Crippen LogP contribution in [-0.4, -0.2) is 43.3 Å². The van der Waals surface area contributed by atoms with Crippen LogP contribution in [0, 0.1) is 0 Å². The maximum Gasteiger partial charge on any atom is 0.407 e. The number of aromatic nitrogens is 3. The fraction of sp³-hybridized carbons (Fsp3) is 0.417. The third kappa shape index (κ3) is 1.85. The predicted octanol–water partition coefficient (Wildman–Crippen LogP) is 1.31. The van der Waals surface area contributed by atoms with E-state index in [2.05, 4.69) is 4.98 Å². The summed E-state index contributed by atoms with van der Waals surface area (Å²) in [5.41, 5.74) is 0.988. The van der Waals surface area contributed by atoms with Crippen LogP contribution >= 0.6 is 11.6 Å². The first-order valence-electron chi connectivity index (χ1n) is 6.19. The van der Waals surface area contributed by atoms with Gasteiger partial charge in [0.25, 0.3) is 0 Å². The Morgan fingerprint density at radius 3 is 2.95 bits per heavy atom. The quantitative estimate of drug-likeness (QED) is 0.860. The van der Waals surface area contributed by atoms with Gasteiger partial charge < -0.3 is 10.0 Å². The van der Waals surface area contributed by atoms with Crippen LogP contribution in [-0.2, 0) is 7.05 Å². The van der Waals surface area contributed by atoms with Gasteiger partial charge in [-0.15, -0.1) is 0 Å². The summed E-state index contributed by atoms with van der Waals surface area (Å²) in [4.78, 5) is 28.8. The first kappa shape index (κ1) is 13.0. The van der Waals surface area contributed by atoms with Crippen LogP contribution in [0.1, 0.15) is 12.5 Å². The molecule has 1 saturated heterocycles. The van der Waals surface area contributed by atoms with Crippen LogP contribution in [0.25, 0.3) is 11.2 Å². The van der Waals surface area contributed by atoms with Crippen molar-refractivity contribution in [3.8, 4) is 0 Å². The minimum Gasteiger partial charge on any atom is -0.465 e. The fourth-order valence-corrected chi connectivity index (χ4v) is 2.82. The molecule has 1 atom stereocenters. The maximum absolute atomic E-state index is 12.3. The Bertz CT molecular complexity index is 751. The van der Waals surface area contributed by atoms with Crippen molar-refractivity contribution in [1.29, 1.82) is 0 Å². The first-order chi connectivity index (χ1) is 9.49. The summed E-state index contributed by atoms with van der Waals surface area (Å²) in [7, 11) is 1.66. The van der Waals surface area contributed by atoms with E-state index in [1.165, 1.54) is 15.7 Å². The molecule has 3 rings (SSSR count). The minimum atomic E-state index is -0.961. The summed E-state index contributed by atoms with van der Waals surface area (Å²) >= 11 is 5.90. The number of hydrogen-bond donors (Lipinski definition) is 1. The lowest BCUT2D eigenvalue weighted by Crippen LogP contribution is -2.30. The van der Waals surface area contributed by atoms with E-state index in [0.717, 1.165) is 0 Å². The number of nitrogens with zero attached hydrogens (tertiary/aromatic N) is 4. The Morgan fingerprint density at radius 2 is 2.30 bits per heavy atom. The fourth-order valence-electron chi connectivity index (χ4n) is 2.66. The largest absolute Gasteiger partial charge is 0.465 e. The monoisotopic (exact) mass is 296 g/mol. The number of rotatable bonds is 1. The van der Waals surface area contributed by atoms with E-state index in [0.29, 0.717) is 35.7 Å². The van der Waals surface area contributed by atoms with Gasteiger partial charge in [-0.2, -0.15) is 0 Å². The molecular weight excluding hydrogens is 284 g/mol. The van der Waals surface area contributed by atoms with Crippen LogP contribution in [0.15, 0.2) is 17.1 Å². The summed E-state index contributed by atoms with van der Waals surface area (Å²) in [5.74, 6) is 0. The smallest absolute Gasteiger partial charge is 0.407 e. The van der Waals surface area contributed by atoms with Crippen LogP contribution < -0.4 is 5.69 Å². The van der Waals surface area contributed by atoms with E-state index in [1.54, 1.807) is 17.7 Å². The number of carbonyl (C=O) groups is 1. The zero-order valence-corrected chi connectivity index (χ0v) is 11.5. The summed E-state index contributed by atoms with van der Waals surface area (Å²) in [5, 5.41) is 9.46. The Morgan fingerprint density at radius 1 is 1.55 bits per heavy atom. The van der Waals surface area contributed by atoms with Crippen molar-refractivity contribution < 1.29 is 9.90 Å². The second-order valence-electron chi connectivity index (χ2n) is 4.88. The lowest BCUT2D eigenvalue weighted by Gasteiger charge is -2.13. The van der Waals surface area contributed by atoms with E-state index in [1.807, 2.05) is 0 Å². The lowest BCUT2D eigenvalue weighted by atomic mass is 10.2. The van der Waals surface area contributed by atoms with Crippen molar-refractivity contribution in [3.05, 3.63) is 27.8 Å². The van der Waals surface area contributed by atoms with Gasteiger partial charge in [-0.1, -0.05) is 11.6 Å². The molecule has 0 bridgehead atoms. The summed E-state index contributed by atoms with van der Waals surface area (Å²) < 4.78 is 3.05. The average molecular weight is 297 g/mol. The standard InChI is InChI=1S/C12H13ClN4O3/c1-15-9-4-7(13)5-14-10(9)17(11(15)18)8-2-3-16(6-8)12(19)20/h4-5,8H,2-3,6H2,1H3,(H,19,20). The molecule has 20 heavy (non-hydrogen) atoms. The Kier molecular flexibility index (Phi) is 2.93. The van der Waals surface area contributed by atoms with Crippen LogP contribution in [0.4, 0.5) is 4.79 Å². The molecule has 1 aliphatic heterocycles. The molecule has 106 valence electrons. The molecule has 1 amide bonds. The zero-order chi connectivity index (χ0) is 14.4. The topological polar surface area (TPSA) is 80.4 Å². The minimum absolute atomic E-state index is 0.184. The Balaban J connectivity index is 2.11. The second kappa shape index (κ2) is 4.52. The van der Waals surface area contributed by atoms with Gasteiger partial charge in [0.15, 0.2) is 5.65 Å². The van der Waals surface area contributed by atoms with Crippen molar-refractivity contribution in [2.45, 2.75) is 12.5 Å². The number of fused-ring (bicyclic) bond motifs is 1. The molecule has 1 unspecified atom stereocenters. The lowest BCUT2D eigenvalue weighted by molar-refractivity contribution is 0.154. The molecule has 0 saturated carbocycles. The molecule has 0 aromatic carbocycles. The molecule has 1 fully saturated rings. The molecular formula is C12H13ClN4O3. The molecule has 2 aromatic heterocycles. The van der Waals surface area contributed by atoms with Gasteiger partial charge >= 0.3 is 11.8 Å². The molecule has 2 aromatic rings. The number of amides is 1. The highest BCUT2D eigenvalue weighted by Gasteiger charge is 2.30. The number of halogens is 1. The molecule has 0 aliphatic carbocycles. The van der Waals surface area contributed by atoms with Gasteiger partial charge in [0.05, 0.1) is 16.6 Å². The number of pyridine rings is 1. The molecule has 8 heteroatoms. The van der Waals surface area contributed by atoms with Crippen LogP contribution in [0.5, 0.6) is 0 Å². The first-order valence-corrected chi connectivity index (χ1v) is 6.57. The normalized spacial score (nSPS) is 18.9. The average Bonchev–Trinajstić information content (AvgIpc) is 2.96. The van der Waals surface area contributed by atoms with E-state index >= 15 is 0 Å². The molecule has 3 heterocycles. The number of likely N-dealkylation sites (tertiary alicyclic amines) is 1. The van der Waals surface area contributed by atoms with Gasteiger partial charge in [-0.05, 0) is 12.5 Å². The maximum atomic E-state index is 12.3. The van der Waals surface area contributed by atoms with Crippen molar-refractivity contribution in [2.75, 3.05) is 13.1 Å². The van der Waals surface area contributed by atoms with Crippen molar-refractivity contribution in [1.82, 2.24) is 19.0 Å². The van der Waals surface area contributed by atoms with E-state index in [4.69, 9.17) is 16.7 Å². The van der Waals surface area contributed by atoms with Gasteiger partial charge in [0, 0.05) is 26.3 Å². The molecule has 7 nitrogen and oxygen atoms in total. The number of hydrogen-bond acceptors (Lipinski definition) is 3. The molecule has 0 spiro atoms. The highest BCUT2D eigenvalue weighted by atomic mass is 35.5. The van der Waals surface area contributed by atoms with Gasteiger partial charge in [-0.25, -0.2) is 14.6 Å². The van der Waals surface area contributed by atoms with Crippen molar-refractivity contribution >= 4 is 28.9 Å². The van der Waals surface area contributed by atoms with Gasteiger partial charge in [0.2, 0.25) is 0 Å². The molecule has 0 radical (unpaired) electrons. The number of aryl methyl sites for hydroxylation is 1. The number of carboxylic acid groups (broad SMARTS) is 1. The zero-order valence-electron chi connectivity index (χ0n) is 10.8. The van der Waals surface area contributed by atoms with Gasteiger partial charge in [0.1, 0.15) is 0 Å². The molecule has 1 aliphatic rings. The Hall–Kier alpha value is -2.02. The second-order valence-corrected chi connectivity index (χ2v) is 5.32. The third-order valence-electron chi connectivity index (χ3n) is 3.70. The van der Waals surface area contributed by atoms with Crippen molar-refractivity contribution in [2.24, 2.45) is 7.05 Å². The summed E-state index contributed by atoms with van der Waals surface area (Å²) in [6, 6.07) is 1.50. The van der Waals surface area contributed by atoms with Gasteiger partial charge in [-0.3, -0.25) is 9.13 Å². The van der Waals surface area contributed by atoms with E-state index < -0.39 is 6.09 Å². The number of imidazole rings is 1. The Labute approximate surface area is 119 Å². The van der Waals surface area contributed by atoms with E-state index in [9.17, 15) is 9.59 Å². The van der Waals surface area contributed by atoms with Crippen LogP contribution in [0.3, 0.4) is 0 Å². The summed E-state index contributed by atoms with van der Waals surface area (Å²) in [6.45, 7) is 0.731. The van der Waals surface area contributed by atoms with E-state index in [-0.39, 0.29) is 11.7 Å². The SMILES string of the molecule is Cn1c(=O)n(C2CCN(C(=O)O)C2)c2ncc(Cl)cc21. The van der Waals surface area contributed by atoms with Crippen LogP contribution in [0.2, 0.25) is 5.02 Å². The van der Waals surface area contributed by atoms with Crippen molar-refractivity contribution in [3.63, 3.8) is 0 Å².